The van der Waals surface area contributed by atoms with Crippen LogP contribution in [0.3, 0.4) is 0 Å². The molecule has 0 saturated heterocycles. The molecule has 3 aromatic carbocycles. The molecular formula is C21H16F3NO2. The van der Waals surface area contributed by atoms with Crippen LogP contribution in [0.25, 0.3) is 0 Å². The molecule has 0 aliphatic rings. The lowest BCUT2D eigenvalue weighted by Crippen LogP contribution is -2.14. The third-order valence-corrected chi connectivity index (χ3v) is 4.01. The molecule has 0 spiro atoms. The van der Waals surface area contributed by atoms with Crippen molar-refractivity contribution in [2.45, 2.75) is 6.42 Å². The molecule has 1 amide bonds. The summed E-state index contributed by atoms with van der Waals surface area (Å²) in [6.45, 7) is 0. The van der Waals surface area contributed by atoms with Gasteiger partial charge in [-0.2, -0.15) is 0 Å². The lowest BCUT2D eigenvalue weighted by molar-refractivity contribution is 0.102. The number of halogens is 3. The van der Waals surface area contributed by atoms with Crippen LogP contribution >= 0.6 is 0 Å². The second-order valence-corrected chi connectivity index (χ2v) is 5.92. The van der Waals surface area contributed by atoms with Gasteiger partial charge in [0.1, 0.15) is 11.6 Å². The van der Waals surface area contributed by atoms with E-state index in [1.807, 2.05) is 0 Å². The van der Waals surface area contributed by atoms with E-state index in [0.29, 0.717) is 12.2 Å². The van der Waals surface area contributed by atoms with Crippen LogP contribution in [0.2, 0.25) is 0 Å². The van der Waals surface area contributed by atoms with Crippen LogP contribution in [0.4, 0.5) is 18.9 Å². The fourth-order valence-electron chi connectivity index (χ4n) is 2.65. The van der Waals surface area contributed by atoms with Gasteiger partial charge in [0.25, 0.3) is 5.91 Å². The predicted octanol–water partition coefficient (Wildman–Crippen LogP) is 4.96. The second-order valence-electron chi connectivity index (χ2n) is 5.92. The maximum Gasteiger partial charge on any atom is 0.259 e. The van der Waals surface area contributed by atoms with Crippen LogP contribution in [0.15, 0.2) is 60.7 Å². The van der Waals surface area contributed by atoms with Crippen molar-refractivity contribution < 1.29 is 22.7 Å². The summed E-state index contributed by atoms with van der Waals surface area (Å²) >= 11 is 0. The van der Waals surface area contributed by atoms with Crippen LogP contribution < -0.4 is 10.1 Å². The van der Waals surface area contributed by atoms with Gasteiger partial charge in [0, 0.05) is 11.8 Å². The average molecular weight is 371 g/mol. The Kier molecular flexibility index (Phi) is 5.45. The summed E-state index contributed by atoms with van der Waals surface area (Å²) in [5.41, 5.74) is 2.08. The molecule has 0 saturated carbocycles. The molecule has 0 aliphatic carbocycles. The zero-order valence-electron chi connectivity index (χ0n) is 14.4. The van der Waals surface area contributed by atoms with E-state index in [1.54, 1.807) is 30.3 Å². The van der Waals surface area contributed by atoms with Crippen LogP contribution in [0, 0.1) is 17.5 Å². The predicted molar refractivity (Wildman–Crippen MR) is 96.5 cm³/mol. The van der Waals surface area contributed by atoms with E-state index >= 15 is 0 Å². The zero-order chi connectivity index (χ0) is 19.4. The fraction of sp³-hybridized carbons (Fsp3) is 0.0952. The Balaban J connectivity index is 1.84. The Morgan fingerprint density at radius 1 is 0.889 bits per heavy atom. The molecule has 0 heterocycles. The summed E-state index contributed by atoms with van der Waals surface area (Å²) in [6.07, 6.45) is 0.496. The van der Waals surface area contributed by atoms with Crippen molar-refractivity contribution in [1.82, 2.24) is 0 Å². The Labute approximate surface area is 154 Å². The number of carbonyl (C=O) groups is 1. The van der Waals surface area contributed by atoms with Crippen LogP contribution in [-0.2, 0) is 6.42 Å². The van der Waals surface area contributed by atoms with Gasteiger partial charge in [-0.3, -0.25) is 4.79 Å². The van der Waals surface area contributed by atoms with E-state index in [4.69, 9.17) is 4.74 Å². The molecular weight excluding hydrogens is 355 g/mol. The highest BCUT2D eigenvalue weighted by molar-refractivity contribution is 6.06. The van der Waals surface area contributed by atoms with Gasteiger partial charge in [0.15, 0.2) is 11.6 Å². The quantitative estimate of drug-likeness (QED) is 0.689. The zero-order valence-corrected chi connectivity index (χ0v) is 14.4. The highest BCUT2D eigenvalue weighted by Gasteiger charge is 2.15. The van der Waals surface area contributed by atoms with Crippen molar-refractivity contribution in [2.75, 3.05) is 12.4 Å². The van der Waals surface area contributed by atoms with Crippen molar-refractivity contribution in [2.24, 2.45) is 0 Å². The number of amides is 1. The number of hydrogen-bond acceptors (Lipinski definition) is 2. The Hall–Kier alpha value is -3.28. The molecule has 3 aromatic rings. The van der Waals surface area contributed by atoms with Gasteiger partial charge in [0.05, 0.1) is 12.7 Å². The topological polar surface area (TPSA) is 38.3 Å². The standard InChI is InChI=1S/C21H16F3NO2/c1-27-20-9-4-14(10-13-2-5-15(22)6-3-13)11-17(20)21(26)25-16-7-8-18(23)19(24)12-16/h2-9,11-12H,10H2,1H3,(H,25,26). The molecule has 3 nitrogen and oxygen atoms in total. The van der Waals surface area contributed by atoms with Gasteiger partial charge in [-0.15, -0.1) is 0 Å². The second kappa shape index (κ2) is 7.95. The number of ether oxygens (including phenoxy) is 1. The summed E-state index contributed by atoms with van der Waals surface area (Å²) < 4.78 is 44.6. The number of hydrogen-bond donors (Lipinski definition) is 1. The minimum absolute atomic E-state index is 0.130. The van der Waals surface area contributed by atoms with E-state index in [0.717, 1.165) is 23.3 Å². The number of rotatable bonds is 5. The minimum Gasteiger partial charge on any atom is -0.496 e. The van der Waals surface area contributed by atoms with Gasteiger partial charge in [-0.25, -0.2) is 13.2 Å². The number of nitrogens with one attached hydrogen (secondary N) is 1. The number of carbonyl (C=O) groups excluding carboxylic acids is 1. The van der Waals surface area contributed by atoms with Crippen LogP contribution in [-0.4, -0.2) is 13.0 Å². The number of methoxy groups -OCH3 is 1. The van der Waals surface area contributed by atoms with Crippen LogP contribution in [0.1, 0.15) is 21.5 Å². The maximum atomic E-state index is 13.3. The molecule has 0 radical (unpaired) electrons. The van der Waals surface area contributed by atoms with Crippen molar-refractivity contribution in [1.29, 1.82) is 0 Å². The first kappa shape index (κ1) is 18.5. The Morgan fingerprint density at radius 3 is 2.26 bits per heavy atom. The van der Waals surface area contributed by atoms with Gasteiger partial charge in [-0.05, 0) is 53.9 Å². The summed E-state index contributed by atoms with van der Waals surface area (Å²) in [7, 11) is 1.43. The molecule has 0 aromatic heterocycles. The van der Waals surface area contributed by atoms with E-state index < -0.39 is 17.5 Å². The number of anilines is 1. The number of benzene rings is 3. The van der Waals surface area contributed by atoms with Crippen molar-refractivity contribution in [3.8, 4) is 5.75 Å². The summed E-state index contributed by atoms with van der Waals surface area (Å²) in [5, 5.41) is 2.52. The van der Waals surface area contributed by atoms with Gasteiger partial charge >= 0.3 is 0 Å². The third-order valence-electron chi connectivity index (χ3n) is 4.01. The lowest BCUT2D eigenvalue weighted by atomic mass is 10.0. The van der Waals surface area contributed by atoms with Crippen molar-refractivity contribution >= 4 is 11.6 Å². The lowest BCUT2D eigenvalue weighted by Gasteiger charge is -2.12. The van der Waals surface area contributed by atoms with E-state index in [9.17, 15) is 18.0 Å². The SMILES string of the molecule is COc1ccc(Cc2ccc(F)cc2)cc1C(=O)Nc1ccc(F)c(F)c1. The highest BCUT2D eigenvalue weighted by Crippen LogP contribution is 2.23. The van der Waals surface area contributed by atoms with E-state index in [1.165, 1.54) is 25.3 Å². The van der Waals surface area contributed by atoms with Crippen molar-refractivity contribution in [3.63, 3.8) is 0 Å². The third kappa shape index (κ3) is 4.47. The molecule has 0 fully saturated rings. The minimum atomic E-state index is -1.05. The van der Waals surface area contributed by atoms with Crippen molar-refractivity contribution in [3.05, 3.63) is 94.8 Å². The Bertz CT molecular complexity index is 972. The molecule has 1 N–H and O–H groups in total. The monoisotopic (exact) mass is 371 g/mol. The molecule has 0 unspecified atom stereocenters. The molecule has 3 rings (SSSR count). The first-order valence-corrected chi connectivity index (χ1v) is 8.14. The largest absolute Gasteiger partial charge is 0.496 e. The molecule has 0 aliphatic heterocycles. The normalized spacial score (nSPS) is 10.5. The highest BCUT2D eigenvalue weighted by atomic mass is 19.2. The van der Waals surface area contributed by atoms with Gasteiger partial charge in [0.2, 0.25) is 0 Å². The molecule has 0 atom stereocenters. The molecule has 6 heteroatoms. The smallest absolute Gasteiger partial charge is 0.259 e. The average Bonchev–Trinajstić information content (AvgIpc) is 2.66. The maximum absolute atomic E-state index is 13.3. The first-order chi connectivity index (χ1) is 13.0. The molecule has 27 heavy (non-hydrogen) atoms. The summed E-state index contributed by atoms with van der Waals surface area (Å²) in [6, 6.07) is 14.3. The van der Waals surface area contributed by atoms with Crippen LogP contribution in [0.5, 0.6) is 5.75 Å². The Morgan fingerprint density at radius 2 is 1.59 bits per heavy atom. The molecule has 0 bridgehead atoms. The fourth-order valence-corrected chi connectivity index (χ4v) is 2.65. The van der Waals surface area contributed by atoms with E-state index in [-0.39, 0.29) is 17.1 Å². The summed E-state index contributed by atoms with van der Waals surface area (Å²) in [5.74, 6) is -2.53. The van der Waals surface area contributed by atoms with E-state index in [2.05, 4.69) is 5.32 Å². The summed E-state index contributed by atoms with van der Waals surface area (Å²) in [4.78, 5) is 12.6. The van der Waals surface area contributed by atoms with Gasteiger partial charge < -0.3 is 10.1 Å². The first-order valence-electron chi connectivity index (χ1n) is 8.14. The van der Waals surface area contributed by atoms with Gasteiger partial charge in [-0.1, -0.05) is 18.2 Å². The molecule has 138 valence electrons.